The van der Waals surface area contributed by atoms with E-state index in [1.807, 2.05) is 29.6 Å². The number of carboxylic acids is 1. The molecule has 1 amide bonds. The molecule has 1 N–H and O–H groups in total. The molecule has 138 valence electrons. The second-order valence-electron chi connectivity index (χ2n) is 6.87. The van der Waals surface area contributed by atoms with Gasteiger partial charge in [0.05, 0.1) is 5.69 Å². The van der Waals surface area contributed by atoms with Crippen LogP contribution >= 0.6 is 11.3 Å². The quantitative estimate of drug-likeness (QED) is 0.753. The van der Waals surface area contributed by atoms with Gasteiger partial charge in [0.25, 0.3) is 0 Å². The van der Waals surface area contributed by atoms with Gasteiger partial charge in [0.15, 0.2) is 5.13 Å². The molecule has 1 aromatic heterocycles. The van der Waals surface area contributed by atoms with Crippen molar-refractivity contribution < 1.29 is 14.7 Å². The van der Waals surface area contributed by atoms with Crippen LogP contribution in [0.1, 0.15) is 25.7 Å². The highest BCUT2D eigenvalue weighted by atomic mass is 32.1. The summed E-state index contributed by atoms with van der Waals surface area (Å²) in [4.78, 5) is 28.5. The number of nitrogens with one attached hydrogen (secondary N) is 1. The van der Waals surface area contributed by atoms with Crippen LogP contribution in [0.2, 0.25) is 0 Å². The second-order valence-corrected chi connectivity index (χ2v) is 7.73. The summed E-state index contributed by atoms with van der Waals surface area (Å²) in [6.07, 6.45) is 2.76. The summed E-state index contributed by atoms with van der Waals surface area (Å²) in [5.41, 5.74) is 1.81. The molecule has 0 bridgehead atoms. The summed E-state index contributed by atoms with van der Waals surface area (Å²) in [7, 11) is 0. The largest absolute Gasteiger partial charge is 0.550 e. The SMILES string of the molecule is O=C(Nc1nc(-c2cccc3ccccc23)cs1)[C@H]1CCCC[C@H]1C(=O)[O-]. The van der Waals surface area contributed by atoms with Crippen LogP contribution in [0.4, 0.5) is 5.13 Å². The molecule has 3 aromatic rings. The standard InChI is InChI=1S/C21H20N2O3S/c24-19(16-9-3-4-10-17(16)20(25)26)23-21-22-18(12-27-21)15-11-5-7-13-6-1-2-8-14(13)15/h1-2,5-8,11-12,16-17H,3-4,9-10H2,(H,25,26)(H,22,23,24)/p-1/t16-,17+/m0/s1. The molecule has 5 nitrogen and oxygen atoms in total. The highest BCUT2D eigenvalue weighted by Gasteiger charge is 2.32. The fourth-order valence-electron chi connectivity index (χ4n) is 3.83. The summed E-state index contributed by atoms with van der Waals surface area (Å²) >= 11 is 1.35. The average Bonchev–Trinajstić information content (AvgIpc) is 3.15. The maximum atomic E-state index is 12.6. The van der Waals surface area contributed by atoms with Crippen molar-refractivity contribution in [3.63, 3.8) is 0 Å². The molecule has 6 heteroatoms. The third-order valence-electron chi connectivity index (χ3n) is 5.21. The number of hydrogen-bond acceptors (Lipinski definition) is 5. The molecule has 1 saturated carbocycles. The van der Waals surface area contributed by atoms with Gasteiger partial charge in [-0.1, -0.05) is 55.3 Å². The lowest BCUT2D eigenvalue weighted by Crippen LogP contribution is -2.42. The van der Waals surface area contributed by atoms with Crippen LogP contribution in [-0.4, -0.2) is 16.9 Å². The molecular weight excluding hydrogens is 360 g/mol. The van der Waals surface area contributed by atoms with Crippen LogP contribution in [0.25, 0.3) is 22.0 Å². The number of rotatable bonds is 4. The first-order chi connectivity index (χ1) is 13.1. The summed E-state index contributed by atoms with van der Waals surface area (Å²) in [6.45, 7) is 0. The Labute approximate surface area is 161 Å². The van der Waals surface area contributed by atoms with Gasteiger partial charge >= 0.3 is 0 Å². The molecule has 0 radical (unpaired) electrons. The van der Waals surface area contributed by atoms with Gasteiger partial charge in [0.2, 0.25) is 5.91 Å². The maximum Gasteiger partial charge on any atom is 0.229 e. The van der Waals surface area contributed by atoms with Crippen molar-refractivity contribution in [2.45, 2.75) is 25.7 Å². The Morgan fingerprint density at radius 3 is 2.59 bits per heavy atom. The Morgan fingerprint density at radius 1 is 1.04 bits per heavy atom. The summed E-state index contributed by atoms with van der Waals surface area (Å²) in [5, 5.41) is 18.8. The molecule has 1 aliphatic carbocycles. The lowest BCUT2D eigenvalue weighted by molar-refractivity contribution is -0.313. The van der Waals surface area contributed by atoms with E-state index in [1.165, 1.54) is 11.3 Å². The number of fused-ring (bicyclic) bond motifs is 1. The zero-order valence-corrected chi connectivity index (χ0v) is 15.5. The Morgan fingerprint density at radius 2 is 1.78 bits per heavy atom. The predicted octanol–water partition coefficient (Wildman–Crippen LogP) is 3.46. The Hall–Kier alpha value is -2.73. The smallest absolute Gasteiger partial charge is 0.229 e. The fourth-order valence-corrected chi connectivity index (χ4v) is 4.54. The van der Waals surface area contributed by atoms with Gasteiger partial charge in [-0.15, -0.1) is 11.3 Å². The fraction of sp³-hybridized carbons (Fsp3) is 0.286. The number of carbonyl (C=O) groups is 2. The minimum atomic E-state index is -1.13. The number of aliphatic carboxylic acids is 1. The first-order valence-corrected chi connectivity index (χ1v) is 9.97. The van der Waals surface area contributed by atoms with Crippen LogP contribution < -0.4 is 10.4 Å². The molecule has 2 atom stereocenters. The van der Waals surface area contributed by atoms with Crippen molar-refractivity contribution in [2.24, 2.45) is 11.8 Å². The van der Waals surface area contributed by atoms with E-state index < -0.39 is 17.8 Å². The lowest BCUT2D eigenvalue weighted by atomic mass is 9.79. The van der Waals surface area contributed by atoms with E-state index in [9.17, 15) is 14.7 Å². The molecule has 27 heavy (non-hydrogen) atoms. The number of thiazole rings is 1. The van der Waals surface area contributed by atoms with Gasteiger partial charge < -0.3 is 15.2 Å². The van der Waals surface area contributed by atoms with Gasteiger partial charge in [-0.3, -0.25) is 4.79 Å². The van der Waals surface area contributed by atoms with E-state index in [0.29, 0.717) is 18.0 Å². The van der Waals surface area contributed by atoms with E-state index in [1.54, 1.807) is 0 Å². The molecule has 0 saturated heterocycles. The van der Waals surface area contributed by atoms with Crippen molar-refractivity contribution in [2.75, 3.05) is 5.32 Å². The molecule has 0 spiro atoms. The van der Waals surface area contributed by atoms with E-state index in [4.69, 9.17) is 0 Å². The summed E-state index contributed by atoms with van der Waals surface area (Å²) in [6, 6.07) is 14.1. The number of carbonyl (C=O) groups excluding carboxylic acids is 2. The van der Waals surface area contributed by atoms with Gasteiger partial charge in [-0.05, 0) is 23.6 Å². The van der Waals surface area contributed by atoms with E-state index >= 15 is 0 Å². The van der Waals surface area contributed by atoms with Gasteiger partial charge in [-0.25, -0.2) is 4.98 Å². The van der Waals surface area contributed by atoms with Gasteiger partial charge in [0, 0.05) is 28.7 Å². The Bertz CT molecular complexity index is 993. The molecule has 0 unspecified atom stereocenters. The van der Waals surface area contributed by atoms with Crippen LogP contribution in [0.15, 0.2) is 47.8 Å². The predicted molar refractivity (Wildman–Crippen MR) is 104 cm³/mol. The van der Waals surface area contributed by atoms with Crippen molar-refractivity contribution in [1.29, 1.82) is 0 Å². The van der Waals surface area contributed by atoms with Crippen molar-refractivity contribution in [3.05, 3.63) is 47.8 Å². The van der Waals surface area contributed by atoms with Gasteiger partial charge in [0.1, 0.15) is 0 Å². The zero-order valence-electron chi connectivity index (χ0n) is 14.7. The topological polar surface area (TPSA) is 82.1 Å². The molecule has 1 aliphatic rings. The number of nitrogens with zero attached hydrogens (tertiary/aromatic N) is 1. The normalized spacial score (nSPS) is 19.7. The molecular formula is C21H19N2O3S-. The Kier molecular flexibility index (Phi) is 4.90. The molecule has 2 aromatic carbocycles. The molecule has 0 aliphatic heterocycles. The Balaban J connectivity index is 1.56. The first-order valence-electron chi connectivity index (χ1n) is 9.09. The lowest BCUT2D eigenvalue weighted by Gasteiger charge is -2.30. The number of amides is 1. The second kappa shape index (κ2) is 7.48. The number of carboxylic acid groups (broad SMARTS) is 1. The number of aromatic nitrogens is 1. The number of hydrogen-bond donors (Lipinski definition) is 1. The maximum absolute atomic E-state index is 12.6. The molecule has 4 rings (SSSR count). The van der Waals surface area contributed by atoms with Gasteiger partial charge in [-0.2, -0.15) is 0 Å². The average molecular weight is 379 g/mol. The van der Waals surface area contributed by atoms with E-state index in [0.717, 1.165) is 34.9 Å². The minimum absolute atomic E-state index is 0.275. The monoisotopic (exact) mass is 379 g/mol. The van der Waals surface area contributed by atoms with Crippen molar-refractivity contribution in [1.82, 2.24) is 4.98 Å². The molecule has 1 heterocycles. The highest BCUT2D eigenvalue weighted by molar-refractivity contribution is 7.14. The minimum Gasteiger partial charge on any atom is -0.550 e. The first kappa shape index (κ1) is 17.7. The molecule has 1 fully saturated rings. The summed E-state index contributed by atoms with van der Waals surface area (Å²) in [5.74, 6) is -2.67. The zero-order chi connectivity index (χ0) is 18.8. The van der Waals surface area contributed by atoms with Crippen molar-refractivity contribution >= 4 is 39.1 Å². The van der Waals surface area contributed by atoms with E-state index in [2.05, 4.69) is 28.5 Å². The van der Waals surface area contributed by atoms with Crippen LogP contribution in [-0.2, 0) is 9.59 Å². The summed E-state index contributed by atoms with van der Waals surface area (Å²) < 4.78 is 0. The third kappa shape index (κ3) is 3.57. The number of anilines is 1. The van der Waals surface area contributed by atoms with Crippen LogP contribution in [0.5, 0.6) is 0 Å². The van der Waals surface area contributed by atoms with E-state index in [-0.39, 0.29) is 5.91 Å². The van der Waals surface area contributed by atoms with Crippen molar-refractivity contribution in [3.8, 4) is 11.3 Å². The number of benzene rings is 2. The van der Waals surface area contributed by atoms with Crippen LogP contribution in [0.3, 0.4) is 0 Å². The third-order valence-corrected chi connectivity index (χ3v) is 5.96. The highest BCUT2D eigenvalue weighted by Crippen LogP contribution is 2.33. The van der Waals surface area contributed by atoms with Crippen LogP contribution in [0, 0.1) is 11.8 Å².